The molecule has 1 amide bonds. The van der Waals surface area contributed by atoms with Gasteiger partial charge in [-0.1, -0.05) is 31.1 Å². The summed E-state index contributed by atoms with van der Waals surface area (Å²) in [6.07, 6.45) is 5.25. The topological polar surface area (TPSA) is 68.0 Å². The Bertz CT molecular complexity index is 441. The van der Waals surface area contributed by atoms with Crippen molar-refractivity contribution in [3.8, 4) is 0 Å². The molecule has 1 fully saturated rings. The molecule has 0 aliphatic heterocycles. The number of rotatable bonds is 4. The van der Waals surface area contributed by atoms with Crippen LogP contribution >= 0.6 is 12.2 Å². The second kappa shape index (κ2) is 5.44. The molecule has 4 nitrogen and oxygen atoms in total. The molecule has 1 aliphatic carbocycles. The Morgan fingerprint density at radius 1 is 1.44 bits per heavy atom. The Kier molecular flexibility index (Phi) is 3.91. The van der Waals surface area contributed by atoms with Gasteiger partial charge in [-0.05, 0) is 25.0 Å². The first-order valence-electron chi connectivity index (χ1n) is 6.13. The van der Waals surface area contributed by atoms with Crippen molar-refractivity contribution < 1.29 is 4.79 Å². The zero-order valence-corrected chi connectivity index (χ0v) is 11.0. The molecule has 1 aromatic rings. The summed E-state index contributed by atoms with van der Waals surface area (Å²) in [5.41, 5.74) is 5.96. The first kappa shape index (κ1) is 13.0. The third kappa shape index (κ3) is 2.51. The summed E-state index contributed by atoms with van der Waals surface area (Å²) in [5.74, 6) is -0.0573. The van der Waals surface area contributed by atoms with Crippen LogP contribution in [0.3, 0.4) is 0 Å². The number of carbonyl (C=O) groups excluding carboxylic acids is 1. The van der Waals surface area contributed by atoms with Gasteiger partial charge in [0.25, 0.3) is 0 Å². The maximum absolute atomic E-state index is 12.3. The van der Waals surface area contributed by atoms with E-state index in [1.807, 2.05) is 18.2 Å². The van der Waals surface area contributed by atoms with Crippen molar-refractivity contribution in [3.05, 3.63) is 30.1 Å². The molecule has 1 aliphatic rings. The fourth-order valence-electron chi connectivity index (χ4n) is 2.41. The van der Waals surface area contributed by atoms with Gasteiger partial charge in [-0.2, -0.15) is 0 Å². The zero-order valence-electron chi connectivity index (χ0n) is 10.2. The van der Waals surface area contributed by atoms with Gasteiger partial charge >= 0.3 is 0 Å². The Labute approximate surface area is 112 Å². The lowest BCUT2D eigenvalue weighted by Gasteiger charge is -2.26. The molecule has 1 aromatic heterocycles. The minimum atomic E-state index is -0.635. The minimum Gasteiger partial charge on any atom is -0.392 e. The summed E-state index contributed by atoms with van der Waals surface area (Å²) in [5, 5.41) is 2.89. The molecule has 1 heterocycles. The number of carbonyl (C=O) groups is 1. The largest absolute Gasteiger partial charge is 0.392 e. The summed E-state index contributed by atoms with van der Waals surface area (Å²) >= 11 is 5.08. The predicted molar refractivity (Wildman–Crippen MR) is 73.8 cm³/mol. The predicted octanol–water partition coefficient (Wildman–Crippen LogP) is 1.54. The molecule has 0 spiro atoms. The van der Waals surface area contributed by atoms with E-state index < -0.39 is 5.41 Å². The molecular weight excluding hydrogens is 246 g/mol. The number of hydrogen-bond donors (Lipinski definition) is 2. The van der Waals surface area contributed by atoms with Gasteiger partial charge in [0, 0.05) is 6.20 Å². The maximum Gasteiger partial charge on any atom is 0.233 e. The SMILES string of the molecule is NC(=S)C1(C(=O)NCc2ccccn2)CCCC1. The van der Waals surface area contributed by atoms with Crippen LogP contribution in [0.15, 0.2) is 24.4 Å². The van der Waals surface area contributed by atoms with Crippen LogP contribution < -0.4 is 11.1 Å². The Balaban J connectivity index is 2.01. The Morgan fingerprint density at radius 3 is 2.72 bits per heavy atom. The van der Waals surface area contributed by atoms with Gasteiger partial charge in [0.15, 0.2) is 0 Å². The summed E-state index contributed by atoms with van der Waals surface area (Å²) < 4.78 is 0. The van der Waals surface area contributed by atoms with E-state index in [9.17, 15) is 4.79 Å². The molecule has 96 valence electrons. The number of nitrogens with one attached hydrogen (secondary N) is 1. The fourth-order valence-corrected chi connectivity index (χ4v) is 2.70. The smallest absolute Gasteiger partial charge is 0.233 e. The molecule has 5 heteroatoms. The van der Waals surface area contributed by atoms with E-state index in [4.69, 9.17) is 18.0 Å². The van der Waals surface area contributed by atoms with Crippen LogP contribution in [-0.2, 0) is 11.3 Å². The van der Waals surface area contributed by atoms with Crippen LogP contribution in [0.5, 0.6) is 0 Å². The highest BCUT2D eigenvalue weighted by molar-refractivity contribution is 7.80. The molecule has 18 heavy (non-hydrogen) atoms. The van der Waals surface area contributed by atoms with Crippen LogP contribution in [0, 0.1) is 5.41 Å². The molecule has 1 saturated carbocycles. The summed E-state index contributed by atoms with van der Waals surface area (Å²) in [4.78, 5) is 16.8. The monoisotopic (exact) mass is 263 g/mol. The zero-order chi connectivity index (χ0) is 13.0. The van der Waals surface area contributed by atoms with E-state index in [0.29, 0.717) is 11.5 Å². The van der Waals surface area contributed by atoms with Gasteiger partial charge in [0.1, 0.15) is 0 Å². The number of hydrogen-bond acceptors (Lipinski definition) is 3. The number of nitrogens with zero attached hydrogens (tertiary/aromatic N) is 1. The van der Waals surface area contributed by atoms with Crippen molar-refractivity contribution in [1.29, 1.82) is 0 Å². The normalized spacial score (nSPS) is 17.3. The number of aromatic nitrogens is 1. The van der Waals surface area contributed by atoms with Gasteiger partial charge in [-0.3, -0.25) is 9.78 Å². The number of nitrogens with two attached hydrogens (primary N) is 1. The third-order valence-electron chi connectivity index (χ3n) is 3.52. The van der Waals surface area contributed by atoms with Crippen LogP contribution in [-0.4, -0.2) is 15.9 Å². The summed E-state index contributed by atoms with van der Waals surface area (Å²) in [6, 6.07) is 5.62. The third-order valence-corrected chi connectivity index (χ3v) is 3.91. The molecule has 0 unspecified atom stereocenters. The minimum absolute atomic E-state index is 0.0573. The lowest BCUT2D eigenvalue weighted by molar-refractivity contribution is -0.127. The van der Waals surface area contributed by atoms with Gasteiger partial charge in [-0.25, -0.2) is 0 Å². The van der Waals surface area contributed by atoms with E-state index in [1.165, 1.54) is 0 Å². The number of pyridine rings is 1. The molecule has 0 atom stereocenters. The average molecular weight is 263 g/mol. The highest BCUT2D eigenvalue weighted by Crippen LogP contribution is 2.38. The van der Waals surface area contributed by atoms with Crippen LogP contribution in [0.1, 0.15) is 31.4 Å². The van der Waals surface area contributed by atoms with Crippen molar-refractivity contribution in [2.75, 3.05) is 0 Å². The first-order valence-corrected chi connectivity index (χ1v) is 6.54. The lowest BCUT2D eigenvalue weighted by atomic mass is 9.85. The quantitative estimate of drug-likeness (QED) is 0.809. The first-order chi connectivity index (χ1) is 8.65. The molecule has 0 aromatic carbocycles. The summed E-state index contributed by atoms with van der Waals surface area (Å²) in [7, 11) is 0. The molecule has 0 saturated heterocycles. The molecule has 0 radical (unpaired) electrons. The summed E-state index contributed by atoms with van der Waals surface area (Å²) in [6.45, 7) is 0.421. The second-order valence-electron chi connectivity index (χ2n) is 4.66. The lowest BCUT2D eigenvalue weighted by Crippen LogP contribution is -2.47. The van der Waals surface area contributed by atoms with E-state index >= 15 is 0 Å². The molecular formula is C13H17N3OS. The van der Waals surface area contributed by atoms with Crippen LogP contribution in [0.2, 0.25) is 0 Å². The van der Waals surface area contributed by atoms with E-state index in [2.05, 4.69) is 10.3 Å². The van der Waals surface area contributed by atoms with Crippen molar-refractivity contribution in [2.45, 2.75) is 32.2 Å². The van der Waals surface area contributed by atoms with Crippen LogP contribution in [0.4, 0.5) is 0 Å². The van der Waals surface area contributed by atoms with Crippen LogP contribution in [0.25, 0.3) is 0 Å². The Hall–Kier alpha value is -1.49. The molecule has 0 bridgehead atoms. The van der Waals surface area contributed by atoms with Crippen molar-refractivity contribution >= 4 is 23.1 Å². The molecule has 2 rings (SSSR count). The van der Waals surface area contributed by atoms with E-state index in [1.54, 1.807) is 6.20 Å². The maximum atomic E-state index is 12.3. The highest BCUT2D eigenvalue weighted by Gasteiger charge is 2.43. The van der Waals surface area contributed by atoms with Gasteiger partial charge in [0.2, 0.25) is 5.91 Å². The van der Waals surface area contributed by atoms with Gasteiger partial charge in [0.05, 0.1) is 22.6 Å². The fraction of sp³-hybridized carbons (Fsp3) is 0.462. The van der Waals surface area contributed by atoms with Crippen molar-refractivity contribution in [3.63, 3.8) is 0 Å². The Morgan fingerprint density at radius 2 is 2.17 bits per heavy atom. The van der Waals surface area contributed by atoms with Crippen molar-refractivity contribution in [2.24, 2.45) is 11.1 Å². The number of amides is 1. The van der Waals surface area contributed by atoms with Gasteiger partial charge < -0.3 is 11.1 Å². The number of thiocarbonyl (C=S) groups is 1. The molecule has 3 N–H and O–H groups in total. The standard InChI is InChI=1S/C13H17N3OS/c14-11(18)13(6-2-3-7-13)12(17)16-9-10-5-1-4-8-15-10/h1,4-5,8H,2-3,6-7,9H2,(H2,14,18)(H,16,17). The van der Waals surface area contributed by atoms with Crippen molar-refractivity contribution in [1.82, 2.24) is 10.3 Å². The second-order valence-corrected chi connectivity index (χ2v) is 5.10. The highest BCUT2D eigenvalue weighted by atomic mass is 32.1. The van der Waals surface area contributed by atoms with E-state index in [-0.39, 0.29) is 5.91 Å². The van der Waals surface area contributed by atoms with E-state index in [0.717, 1.165) is 31.4 Å². The van der Waals surface area contributed by atoms with Gasteiger partial charge in [-0.15, -0.1) is 0 Å². The average Bonchev–Trinajstić information content (AvgIpc) is 2.88.